The average molecular weight is 291 g/mol. The number of hydrogen-bond donors (Lipinski definition) is 1. The van der Waals surface area contributed by atoms with E-state index in [1.807, 2.05) is 0 Å². The molecule has 0 amide bonds. The maximum atomic E-state index is 13.8. The summed E-state index contributed by atoms with van der Waals surface area (Å²) in [7, 11) is 0.257. The highest BCUT2D eigenvalue weighted by atomic mass is 19.4. The molecular weight excluding hydrogens is 281 g/mol. The van der Waals surface area contributed by atoms with Crippen molar-refractivity contribution < 1.29 is 39.5 Å². The maximum Gasteiger partial charge on any atom is 0.426 e. The summed E-state index contributed by atoms with van der Waals surface area (Å²) in [6.07, 6.45) is -12.1. The van der Waals surface area contributed by atoms with Crippen LogP contribution >= 0.6 is 0 Å². The Balaban J connectivity index is 5.96. The molecule has 0 aromatic carbocycles. The minimum absolute atomic E-state index is 0.257. The molecule has 0 saturated heterocycles. The Morgan fingerprint density at radius 1 is 0.611 bits per heavy atom. The first-order valence-corrected chi connectivity index (χ1v) is 4.45. The van der Waals surface area contributed by atoms with Crippen molar-refractivity contribution in [2.45, 2.75) is 43.3 Å². The average Bonchev–Trinajstić information content (AvgIpc) is 2.12. The zero-order valence-electron chi connectivity index (χ0n) is 9.40. The van der Waals surface area contributed by atoms with E-state index in [-0.39, 0.29) is 7.05 Å². The van der Waals surface area contributed by atoms with Crippen LogP contribution in [0.2, 0.25) is 0 Å². The summed E-state index contributed by atoms with van der Waals surface area (Å²) in [5.41, 5.74) is -10.2. The van der Waals surface area contributed by atoms with E-state index in [2.05, 4.69) is 0 Å². The first-order chi connectivity index (χ1) is 7.56. The van der Waals surface area contributed by atoms with Crippen molar-refractivity contribution in [3.63, 3.8) is 0 Å². The van der Waals surface area contributed by atoms with Crippen LogP contribution in [0.3, 0.4) is 0 Å². The molecule has 0 spiro atoms. The molecule has 10 heteroatoms. The van der Waals surface area contributed by atoms with E-state index in [1.54, 1.807) is 0 Å². The Kier molecular flexibility index (Phi) is 4.02. The second-order valence-electron chi connectivity index (χ2n) is 3.91. The lowest BCUT2D eigenvalue weighted by molar-refractivity contribution is -0.341. The van der Waals surface area contributed by atoms with Gasteiger partial charge in [-0.3, -0.25) is 5.32 Å². The van der Waals surface area contributed by atoms with E-state index in [1.165, 1.54) is 0 Å². The second kappa shape index (κ2) is 4.17. The Bertz CT molecular complexity index is 275. The van der Waals surface area contributed by atoms with Crippen molar-refractivity contribution >= 4 is 0 Å². The third kappa shape index (κ3) is 2.14. The zero-order chi connectivity index (χ0) is 15.2. The SMILES string of the molecule is CNC(F)(C(C)(F)C(F)(F)F)C(C)(F)C(F)(F)F. The molecule has 18 heavy (non-hydrogen) atoms. The van der Waals surface area contributed by atoms with Gasteiger partial charge in [-0.25, -0.2) is 13.2 Å². The zero-order valence-corrected chi connectivity index (χ0v) is 9.40. The molecular formula is C8H10F9N. The van der Waals surface area contributed by atoms with Gasteiger partial charge in [0.05, 0.1) is 0 Å². The predicted octanol–water partition coefficient (Wildman–Crippen LogP) is 3.45. The first kappa shape index (κ1) is 17.3. The molecule has 1 nitrogen and oxygen atoms in total. The largest absolute Gasteiger partial charge is 0.426 e. The van der Waals surface area contributed by atoms with Crippen molar-refractivity contribution in [3.05, 3.63) is 0 Å². The van der Waals surface area contributed by atoms with E-state index in [4.69, 9.17) is 0 Å². The van der Waals surface area contributed by atoms with Gasteiger partial charge < -0.3 is 0 Å². The molecule has 0 fully saturated rings. The number of rotatable bonds is 3. The molecule has 0 aromatic rings. The van der Waals surface area contributed by atoms with Crippen LogP contribution in [-0.4, -0.2) is 36.5 Å². The van der Waals surface area contributed by atoms with Crippen molar-refractivity contribution in [1.29, 1.82) is 0 Å². The van der Waals surface area contributed by atoms with Gasteiger partial charge in [0.25, 0.3) is 11.3 Å². The number of alkyl halides is 9. The standard InChI is InChI=1S/C8H10F9N/c1-4(9,7(12,13)14)6(11,18-3)5(2,10)8(15,16)17/h18H,1-3H3. The summed E-state index contributed by atoms with van der Waals surface area (Å²) < 4.78 is 114. The quantitative estimate of drug-likeness (QED) is 0.620. The minimum Gasteiger partial charge on any atom is -0.282 e. The second-order valence-corrected chi connectivity index (χ2v) is 3.91. The third-order valence-corrected chi connectivity index (χ3v) is 2.70. The fourth-order valence-corrected chi connectivity index (χ4v) is 1.30. The minimum atomic E-state index is -6.04. The Hall–Kier alpha value is -0.670. The van der Waals surface area contributed by atoms with Crippen LogP contribution in [-0.2, 0) is 0 Å². The molecule has 0 heterocycles. The van der Waals surface area contributed by atoms with Gasteiger partial charge in [0, 0.05) is 0 Å². The molecule has 0 rings (SSSR count). The Morgan fingerprint density at radius 2 is 0.833 bits per heavy atom. The van der Waals surface area contributed by atoms with Gasteiger partial charge in [-0.15, -0.1) is 0 Å². The topological polar surface area (TPSA) is 12.0 Å². The molecule has 2 atom stereocenters. The van der Waals surface area contributed by atoms with Gasteiger partial charge in [0.15, 0.2) is 0 Å². The highest BCUT2D eigenvalue weighted by Crippen LogP contribution is 2.53. The smallest absolute Gasteiger partial charge is 0.282 e. The van der Waals surface area contributed by atoms with E-state index >= 15 is 0 Å². The van der Waals surface area contributed by atoms with Crippen LogP contribution < -0.4 is 5.32 Å². The van der Waals surface area contributed by atoms with E-state index in [0.717, 1.165) is 5.32 Å². The van der Waals surface area contributed by atoms with Crippen molar-refractivity contribution in [1.82, 2.24) is 5.32 Å². The summed E-state index contributed by atoms with van der Waals surface area (Å²) in [5, 5.41) is 0.815. The molecule has 0 radical (unpaired) electrons. The maximum absolute atomic E-state index is 13.8. The Labute approximate surface area is 96.3 Å². The fourth-order valence-electron chi connectivity index (χ4n) is 1.30. The van der Waals surface area contributed by atoms with Crippen LogP contribution in [0.4, 0.5) is 39.5 Å². The molecule has 0 aliphatic carbocycles. The highest BCUT2D eigenvalue weighted by Gasteiger charge is 2.79. The third-order valence-electron chi connectivity index (χ3n) is 2.70. The van der Waals surface area contributed by atoms with Crippen LogP contribution in [0.15, 0.2) is 0 Å². The molecule has 0 aliphatic rings. The summed E-state index contributed by atoms with van der Waals surface area (Å²) in [5.74, 6) is -5.03. The summed E-state index contributed by atoms with van der Waals surface area (Å²) >= 11 is 0. The molecule has 0 aliphatic heterocycles. The molecule has 0 aromatic heterocycles. The molecule has 0 bridgehead atoms. The Morgan fingerprint density at radius 3 is 0.944 bits per heavy atom. The molecule has 2 unspecified atom stereocenters. The lowest BCUT2D eigenvalue weighted by Crippen LogP contribution is -2.74. The van der Waals surface area contributed by atoms with Gasteiger partial charge in [0.2, 0.25) is 5.79 Å². The summed E-state index contributed by atoms with van der Waals surface area (Å²) in [4.78, 5) is 0. The number of nitrogens with one attached hydrogen (secondary N) is 1. The molecule has 1 N–H and O–H groups in total. The monoisotopic (exact) mass is 291 g/mol. The molecule has 0 saturated carbocycles. The van der Waals surface area contributed by atoms with Crippen molar-refractivity contribution in [3.8, 4) is 0 Å². The van der Waals surface area contributed by atoms with Crippen molar-refractivity contribution in [2.75, 3.05) is 7.05 Å². The van der Waals surface area contributed by atoms with Gasteiger partial charge >= 0.3 is 12.4 Å². The number of hydrogen-bond acceptors (Lipinski definition) is 1. The van der Waals surface area contributed by atoms with Crippen molar-refractivity contribution in [2.24, 2.45) is 0 Å². The van der Waals surface area contributed by atoms with E-state index in [0.29, 0.717) is 0 Å². The fraction of sp³-hybridized carbons (Fsp3) is 1.00. The van der Waals surface area contributed by atoms with Crippen LogP contribution in [0.1, 0.15) is 13.8 Å². The highest BCUT2D eigenvalue weighted by molar-refractivity contribution is 5.13. The predicted molar refractivity (Wildman–Crippen MR) is 44.0 cm³/mol. The lowest BCUT2D eigenvalue weighted by Gasteiger charge is -2.45. The lowest BCUT2D eigenvalue weighted by atomic mass is 9.82. The van der Waals surface area contributed by atoms with Gasteiger partial charge in [-0.2, -0.15) is 26.3 Å². The number of halogens is 9. The van der Waals surface area contributed by atoms with Crippen LogP contribution in [0.25, 0.3) is 0 Å². The van der Waals surface area contributed by atoms with Gasteiger partial charge in [-0.05, 0) is 20.9 Å². The van der Waals surface area contributed by atoms with Crippen LogP contribution in [0, 0.1) is 0 Å². The van der Waals surface area contributed by atoms with Gasteiger partial charge in [0.1, 0.15) is 0 Å². The van der Waals surface area contributed by atoms with Gasteiger partial charge in [-0.1, -0.05) is 0 Å². The first-order valence-electron chi connectivity index (χ1n) is 4.45. The molecule has 110 valence electrons. The normalized spacial score (nSPS) is 24.0. The summed E-state index contributed by atoms with van der Waals surface area (Å²) in [6.45, 7) is -1.01. The van der Waals surface area contributed by atoms with Crippen LogP contribution in [0.5, 0.6) is 0 Å². The van der Waals surface area contributed by atoms with E-state index in [9.17, 15) is 39.5 Å². The van der Waals surface area contributed by atoms with E-state index < -0.39 is 43.3 Å². The summed E-state index contributed by atoms with van der Waals surface area (Å²) in [6, 6.07) is 0.